The smallest absolute Gasteiger partial charge is 0.264 e. The van der Waals surface area contributed by atoms with Crippen molar-refractivity contribution in [3.63, 3.8) is 0 Å². The van der Waals surface area contributed by atoms with Gasteiger partial charge in [0.2, 0.25) is 0 Å². The third-order valence-corrected chi connectivity index (χ3v) is 10.0. The van der Waals surface area contributed by atoms with Gasteiger partial charge in [0, 0.05) is 25.5 Å². The molecule has 0 spiro atoms. The number of ether oxygens (including phenoxy) is 2. The lowest BCUT2D eigenvalue weighted by molar-refractivity contribution is 0.0493. The molecule has 2 aromatic rings. The molecule has 1 saturated heterocycles. The van der Waals surface area contributed by atoms with E-state index in [0.717, 1.165) is 43.9 Å². The molecule has 2 heterocycles. The van der Waals surface area contributed by atoms with E-state index in [1.807, 2.05) is 19.1 Å². The molecule has 2 aliphatic heterocycles. The fraction of sp³-hybridized carbons (Fsp3) is 0.538. The number of sulfone groups is 1. The second-order valence-corrected chi connectivity index (χ2v) is 13.3. The zero-order chi connectivity index (χ0) is 25.2. The van der Waals surface area contributed by atoms with Crippen LogP contribution in [0.25, 0.3) is 0 Å². The molecule has 35 heavy (non-hydrogen) atoms. The predicted octanol–water partition coefficient (Wildman–Crippen LogP) is 4.38. The van der Waals surface area contributed by atoms with E-state index in [1.165, 1.54) is 28.1 Å². The summed E-state index contributed by atoms with van der Waals surface area (Å²) in [4.78, 5) is -0.139. The lowest BCUT2D eigenvalue weighted by atomic mass is 9.94. The zero-order valence-electron chi connectivity index (χ0n) is 20.7. The summed E-state index contributed by atoms with van der Waals surface area (Å²) in [6.07, 6.45) is 5.88. The molecular formula is C26H35NO6S2. The summed E-state index contributed by atoms with van der Waals surface area (Å²) in [7, 11) is -7.72. The van der Waals surface area contributed by atoms with Crippen LogP contribution in [-0.4, -0.2) is 49.0 Å². The molecule has 0 aromatic heterocycles. The van der Waals surface area contributed by atoms with E-state index in [1.54, 1.807) is 0 Å². The second kappa shape index (κ2) is 10.5. The van der Waals surface area contributed by atoms with Crippen molar-refractivity contribution in [2.24, 2.45) is 5.92 Å². The summed E-state index contributed by atoms with van der Waals surface area (Å²) in [6.45, 7) is 5.76. The monoisotopic (exact) mass is 521 g/mol. The van der Waals surface area contributed by atoms with Crippen LogP contribution in [-0.2, 0) is 37.4 Å². The highest BCUT2D eigenvalue weighted by Gasteiger charge is 2.36. The van der Waals surface area contributed by atoms with Crippen molar-refractivity contribution < 1.29 is 26.3 Å². The maximum absolute atomic E-state index is 13.9. The van der Waals surface area contributed by atoms with Gasteiger partial charge < -0.3 is 9.47 Å². The van der Waals surface area contributed by atoms with Crippen LogP contribution in [0.3, 0.4) is 0 Å². The van der Waals surface area contributed by atoms with E-state index in [0.29, 0.717) is 31.9 Å². The van der Waals surface area contributed by atoms with Gasteiger partial charge in [-0.05, 0) is 79.8 Å². The third-order valence-electron chi connectivity index (χ3n) is 7.03. The van der Waals surface area contributed by atoms with Gasteiger partial charge in [-0.1, -0.05) is 26.0 Å². The van der Waals surface area contributed by atoms with Crippen molar-refractivity contribution in [1.82, 2.24) is 0 Å². The minimum atomic E-state index is -3.99. The number of hydrogen-bond acceptors (Lipinski definition) is 6. The van der Waals surface area contributed by atoms with Crippen LogP contribution in [0.15, 0.2) is 46.2 Å². The van der Waals surface area contributed by atoms with Crippen LogP contribution in [0.5, 0.6) is 5.75 Å². The Balaban J connectivity index is 1.71. The van der Waals surface area contributed by atoms with Crippen molar-refractivity contribution >= 4 is 25.5 Å². The molecule has 7 nitrogen and oxygen atoms in total. The SMILES string of the molecule is CCc1ccc2c(c1)CCC(CC)N2S(=O)(=O)c1ccc(OCC2CCOCC2)c(S(C)(=O)=O)c1. The first-order valence-corrected chi connectivity index (χ1v) is 15.7. The Hall–Kier alpha value is -2.10. The quantitative estimate of drug-likeness (QED) is 0.512. The first-order chi connectivity index (χ1) is 16.6. The van der Waals surface area contributed by atoms with E-state index in [2.05, 4.69) is 13.0 Å². The number of aryl methyl sites for hydroxylation is 2. The lowest BCUT2D eigenvalue weighted by Crippen LogP contribution is -2.43. The topological polar surface area (TPSA) is 90.0 Å². The average Bonchev–Trinajstić information content (AvgIpc) is 2.86. The van der Waals surface area contributed by atoms with Crippen molar-refractivity contribution in [2.45, 2.75) is 68.2 Å². The maximum atomic E-state index is 13.9. The van der Waals surface area contributed by atoms with Crippen LogP contribution in [0, 0.1) is 5.92 Å². The molecule has 1 unspecified atom stereocenters. The molecule has 9 heteroatoms. The van der Waals surface area contributed by atoms with Gasteiger partial charge in [-0.3, -0.25) is 4.31 Å². The molecular weight excluding hydrogens is 486 g/mol. The summed E-state index contributed by atoms with van der Waals surface area (Å²) in [5.74, 6) is 0.472. The number of benzene rings is 2. The molecule has 2 aromatic carbocycles. The molecule has 0 radical (unpaired) electrons. The summed E-state index contributed by atoms with van der Waals surface area (Å²) >= 11 is 0. The normalized spacial score (nSPS) is 19.4. The molecule has 1 fully saturated rings. The van der Waals surface area contributed by atoms with Crippen molar-refractivity contribution in [1.29, 1.82) is 0 Å². The average molecular weight is 522 g/mol. The summed E-state index contributed by atoms with van der Waals surface area (Å²) < 4.78 is 65.9. The van der Waals surface area contributed by atoms with Gasteiger partial charge in [-0.15, -0.1) is 0 Å². The first kappa shape index (κ1) is 26.0. The van der Waals surface area contributed by atoms with Crippen molar-refractivity contribution in [3.05, 3.63) is 47.5 Å². The van der Waals surface area contributed by atoms with Crippen LogP contribution < -0.4 is 9.04 Å². The zero-order valence-corrected chi connectivity index (χ0v) is 22.3. The minimum Gasteiger partial charge on any atom is -0.492 e. The van der Waals surface area contributed by atoms with Crippen molar-refractivity contribution in [3.8, 4) is 5.75 Å². The molecule has 192 valence electrons. The van der Waals surface area contributed by atoms with E-state index >= 15 is 0 Å². The Bertz CT molecular complexity index is 1270. The Kier molecular flexibility index (Phi) is 7.78. The van der Waals surface area contributed by atoms with E-state index in [4.69, 9.17) is 9.47 Å². The van der Waals surface area contributed by atoms with Crippen molar-refractivity contribution in [2.75, 3.05) is 30.4 Å². The van der Waals surface area contributed by atoms with E-state index in [9.17, 15) is 16.8 Å². The maximum Gasteiger partial charge on any atom is 0.264 e. The largest absolute Gasteiger partial charge is 0.492 e. The molecule has 0 bridgehead atoms. The highest BCUT2D eigenvalue weighted by atomic mass is 32.2. The molecule has 4 rings (SSSR count). The summed E-state index contributed by atoms with van der Waals surface area (Å²) in [6, 6.07) is 9.94. The molecule has 0 N–H and O–H groups in total. The Labute approximate surface area is 209 Å². The Morgan fingerprint density at radius 1 is 1.00 bits per heavy atom. The minimum absolute atomic E-state index is 0.0396. The van der Waals surface area contributed by atoms with Gasteiger partial charge >= 0.3 is 0 Å². The predicted molar refractivity (Wildman–Crippen MR) is 136 cm³/mol. The highest BCUT2D eigenvalue weighted by molar-refractivity contribution is 7.93. The van der Waals surface area contributed by atoms with Crippen LogP contribution in [0.2, 0.25) is 0 Å². The summed E-state index contributed by atoms with van der Waals surface area (Å²) in [5.41, 5.74) is 2.86. The Morgan fingerprint density at radius 2 is 1.74 bits per heavy atom. The van der Waals surface area contributed by atoms with E-state index < -0.39 is 19.9 Å². The van der Waals surface area contributed by atoms with Gasteiger partial charge in [0.1, 0.15) is 10.6 Å². The van der Waals surface area contributed by atoms with Crippen LogP contribution in [0.4, 0.5) is 5.69 Å². The molecule has 2 aliphatic rings. The first-order valence-electron chi connectivity index (χ1n) is 12.4. The molecule has 0 saturated carbocycles. The fourth-order valence-corrected chi connectivity index (χ4v) is 7.62. The van der Waals surface area contributed by atoms with Gasteiger partial charge in [-0.2, -0.15) is 0 Å². The third kappa shape index (κ3) is 5.52. The highest BCUT2D eigenvalue weighted by Crippen LogP contribution is 2.38. The standard InChI is InChI=1S/C26H35NO6S2/c1-4-19-6-10-24-21(16-19)7-8-22(5-2)27(24)35(30,31)23-9-11-25(26(17-23)34(3,28)29)33-18-20-12-14-32-15-13-20/h6,9-11,16-17,20,22H,4-5,7-8,12-15,18H2,1-3H3. The number of hydrogen-bond donors (Lipinski definition) is 0. The molecule has 0 amide bonds. The van der Waals surface area contributed by atoms with E-state index in [-0.39, 0.29) is 27.5 Å². The number of fused-ring (bicyclic) bond motifs is 1. The van der Waals surface area contributed by atoms with Crippen LogP contribution in [0.1, 0.15) is 50.7 Å². The Morgan fingerprint density at radius 3 is 2.40 bits per heavy atom. The number of anilines is 1. The number of nitrogens with zero attached hydrogens (tertiary/aromatic N) is 1. The molecule has 0 aliphatic carbocycles. The van der Waals surface area contributed by atoms with Gasteiger partial charge in [-0.25, -0.2) is 16.8 Å². The molecule has 1 atom stereocenters. The van der Waals surface area contributed by atoms with Gasteiger partial charge in [0.15, 0.2) is 9.84 Å². The summed E-state index contributed by atoms with van der Waals surface area (Å²) in [5, 5.41) is 0. The number of sulfonamides is 1. The lowest BCUT2D eigenvalue weighted by Gasteiger charge is -2.37. The number of rotatable bonds is 8. The second-order valence-electron chi connectivity index (χ2n) is 9.47. The van der Waals surface area contributed by atoms with Gasteiger partial charge in [0.05, 0.1) is 17.2 Å². The van der Waals surface area contributed by atoms with Crippen LogP contribution >= 0.6 is 0 Å². The van der Waals surface area contributed by atoms with Gasteiger partial charge in [0.25, 0.3) is 10.0 Å². The fourth-order valence-electron chi connectivity index (χ4n) is 4.90.